The lowest BCUT2D eigenvalue weighted by molar-refractivity contribution is -0.137. The number of aromatic nitrogens is 1. The number of methoxy groups -OCH3 is 1. The lowest BCUT2D eigenvalue weighted by Gasteiger charge is -2.06. The van der Waals surface area contributed by atoms with Crippen molar-refractivity contribution in [1.29, 1.82) is 0 Å². The molecule has 0 saturated carbocycles. The summed E-state index contributed by atoms with van der Waals surface area (Å²) in [5.41, 5.74) is -0.804. The minimum atomic E-state index is -4.36. The fourth-order valence-corrected chi connectivity index (χ4v) is 0.685. The summed E-state index contributed by atoms with van der Waals surface area (Å²) in [6, 6.07) is 0.896. The van der Waals surface area contributed by atoms with Gasteiger partial charge in [0.25, 0.3) is 0 Å². The van der Waals surface area contributed by atoms with Crippen molar-refractivity contribution in [3.63, 3.8) is 0 Å². The maximum atomic E-state index is 12.0. The molecule has 14 heavy (non-hydrogen) atoms. The zero-order chi connectivity index (χ0) is 11.2. The molecule has 1 aromatic rings. The Bertz CT molecular complexity index is 273. The highest BCUT2D eigenvalue weighted by Gasteiger charge is 2.31. The molecule has 0 saturated heterocycles. The zero-order valence-corrected chi connectivity index (χ0v) is 8.22. The minimum Gasteiger partial charge on any atom is -0.495 e. The first kappa shape index (κ1) is 12.7. The maximum Gasteiger partial charge on any atom is 0.418 e. The topological polar surface area (TPSA) is 22.1 Å². The average molecular weight is 207 g/mol. The first-order valence-electron chi connectivity index (χ1n) is 4.10. The van der Waals surface area contributed by atoms with E-state index in [9.17, 15) is 13.2 Å². The van der Waals surface area contributed by atoms with Gasteiger partial charge in [-0.2, -0.15) is 13.2 Å². The summed E-state index contributed by atoms with van der Waals surface area (Å²) in [5.74, 6) is 0.102. The summed E-state index contributed by atoms with van der Waals surface area (Å²) >= 11 is 0. The lowest BCUT2D eigenvalue weighted by atomic mass is 10.3. The first-order chi connectivity index (χ1) is 6.54. The van der Waals surface area contributed by atoms with Crippen LogP contribution in [0.5, 0.6) is 5.75 Å². The summed E-state index contributed by atoms with van der Waals surface area (Å²) in [7, 11) is 1.29. The Labute approximate surface area is 80.7 Å². The predicted molar refractivity (Wildman–Crippen MR) is 47.1 cm³/mol. The number of alkyl halides is 3. The van der Waals surface area contributed by atoms with Crippen molar-refractivity contribution in [2.45, 2.75) is 20.0 Å². The van der Waals surface area contributed by atoms with E-state index in [1.807, 2.05) is 13.8 Å². The van der Waals surface area contributed by atoms with Gasteiger partial charge in [0.1, 0.15) is 5.75 Å². The van der Waals surface area contributed by atoms with Crippen molar-refractivity contribution >= 4 is 0 Å². The number of hydrogen-bond donors (Lipinski definition) is 0. The van der Waals surface area contributed by atoms with Crippen LogP contribution in [0.25, 0.3) is 0 Å². The molecular formula is C9H12F3NO. The van der Waals surface area contributed by atoms with E-state index in [0.29, 0.717) is 0 Å². The molecule has 0 aliphatic carbocycles. The Morgan fingerprint density at radius 3 is 2.21 bits per heavy atom. The van der Waals surface area contributed by atoms with Gasteiger partial charge < -0.3 is 4.74 Å². The zero-order valence-electron chi connectivity index (χ0n) is 8.22. The Morgan fingerprint density at radius 1 is 1.21 bits per heavy atom. The van der Waals surface area contributed by atoms with Gasteiger partial charge in [0, 0.05) is 6.20 Å². The smallest absolute Gasteiger partial charge is 0.418 e. The number of nitrogens with zero attached hydrogens (tertiary/aromatic N) is 1. The summed E-state index contributed by atoms with van der Waals surface area (Å²) in [4.78, 5) is 3.38. The monoisotopic (exact) mass is 207 g/mol. The Hall–Kier alpha value is -1.26. The van der Waals surface area contributed by atoms with Crippen LogP contribution in [0, 0.1) is 0 Å². The fourth-order valence-electron chi connectivity index (χ4n) is 0.685. The van der Waals surface area contributed by atoms with Crippen LogP contribution in [0.15, 0.2) is 18.5 Å². The number of ether oxygens (including phenoxy) is 1. The summed E-state index contributed by atoms with van der Waals surface area (Å²) < 4.78 is 40.6. The molecule has 1 heterocycles. The van der Waals surface area contributed by atoms with E-state index in [4.69, 9.17) is 0 Å². The second-order valence-corrected chi connectivity index (χ2v) is 2.11. The van der Waals surface area contributed by atoms with Crippen molar-refractivity contribution < 1.29 is 17.9 Å². The van der Waals surface area contributed by atoms with Gasteiger partial charge in [0.2, 0.25) is 0 Å². The summed E-state index contributed by atoms with van der Waals surface area (Å²) in [5, 5.41) is 0. The second-order valence-electron chi connectivity index (χ2n) is 2.11. The van der Waals surface area contributed by atoms with E-state index in [1.54, 1.807) is 0 Å². The van der Waals surface area contributed by atoms with Gasteiger partial charge in [-0.25, -0.2) is 0 Å². The molecular weight excluding hydrogens is 195 g/mol. The molecule has 0 aliphatic rings. The molecule has 0 N–H and O–H groups in total. The van der Waals surface area contributed by atoms with Crippen molar-refractivity contribution in [2.24, 2.45) is 0 Å². The molecule has 0 atom stereocenters. The van der Waals surface area contributed by atoms with Gasteiger partial charge in [-0.3, -0.25) is 4.98 Å². The standard InChI is InChI=1S/C7H6F3NO.C2H6/c1-12-6-2-5(3-11-4-6)7(8,9)10;1-2/h2-4H,1H3;1-2H3. The molecule has 0 aromatic carbocycles. The van der Waals surface area contributed by atoms with Gasteiger partial charge >= 0.3 is 6.18 Å². The van der Waals surface area contributed by atoms with Crippen molar-refractivity contribution in [1.82, 2.24) is 4.98 Å². The molecule has 1 aromatic heterocycles. The highest BCUT2D eigenvalue weighted by Crippen LogP contribution is 2.30. The summed E-state index contributed by atoms with van der Waals surface area (Å²) in [6.07, 6.45) is -2.39. The summed E-state index contributed by atoms with van der Waals surface area (Å²) in [6.45, 7) is 4.00. The van der Waals surface area contributed by atoms with E-state index < -0.39 is 11.7 Å². The van der Waals surface area contributed by atoms with E-state index in [-0.39, 0.29) is 5.75 Å². The van der Waals surface area contributed by atoms with E-state index in [0.717, 1.165) is 12.3 Å². The predicted octanol–water partition coefficient (Wildman–Crippen LogP) is 3.14. The molecule has 2 nitrogen and oxygen atoms in total. The SMILES string of the molecule is CC.COc1cncc(C(F)(F)F)c1. The van der Waals surface area contributed by atoms with Crippen LogP contribution in [0.3, 0.4) is 0 Å². The van der Waals surface area contributed by atoms with Crippen molar-refractivity contribution in [2.75, 3.05) is 7.11 Å². The molecule has 5 heteroatoms. The first-order valence-corrected chi connectivity index (χ1v) is 4.10. The number of rotatable bonds is 1. The van der Waals surface area contributed by atoms with Crippen LogP contribution < -0.4 is 4.74 Å². The Morgan fingerprint density at radius 2 is 1.79 bits per heavy atom. The molecule has 0 unspecified atom stereocenters. The second kappa shape index (κ2) is 5.47. The molecule has 80 valence electrons. The maximum absolute atomic E-state index is 12.0. The van der Waals surface area contributed by atoms with Crippen molar-refractivity contribution in [3.8, 4) is 5.75 Å². The largest absolute Gasteiger partial charge is 0.495 e. The highest BCUT2D eigenvalue weighted by molar-refractivity contribution is 5.25. The van der Waals surface area contributed by atoms with Gasteiger partial charge in [0.15, 0.2) is 0 Å². The normalized spacial score (nSPS) is 10.1. The van der Waals surface area contributed by atoms with Crippen LogP contribution in [0.1, 0.15) is 19.4 Å². The van der Waals surface area contributed by atoms with Crippen LogP contribution in [-0.4, -0.2) is 12.1 Å². The quantitative estimate of drug-likeness (QED) is 0.705. The molecule has 1 rings (SSSR count). The Kier molecular flexibility index (Phi) is 4.97. The highest BCUT2D eigenvalue weighted by atomic mass is 19.4. The van der Waals surface area contributed by atoms with Gasteiger partial charge in [0.05, 0.1) is 18.9 Å². The van der Waals surface area contributed by atoms with Gasteiger partial charge in [-0.15, -0.1) is 0 Å². The molecule has 0 fully saturated rings. The molecule has 0 aliphatic heterocycles. The molecule has 0 amide bonds. The van der Waals surface area contributed by atoms with Gasteiger partial charge in [-0.05, 0) is 6.07 Å². The number of pyridine rings is 1. The molecule has 0 spiro atoms. The fraction of sp³-hybridized carbons (Fsp3) is 0.444. The molecule has 0 radical (unpaired) electrons. The number of hydrogen-bond acceptors (Lipinski definition) is 2. The average Bonchev–Trinajstić information content (AvgIpc) is 2.20. The Balaban J connectivity index is 0.000000791. The van der Waals surface area contributed by atoms with E-state index >= 15 is 0 Å². The molecule has 0 bridgehead atoms. The third-order valence-corrected chi connectivity index (χ3v) is 1.28. The van der Waals surface area contributed by atoms with Crippen LogP contribution in [-0.2, 0) is 6.18 Å². The van der Waals surface area contributed by atoms with Gasteiger partial charge in [-0.1, -0.05) is 13.8 Å². The van der Waals surface area contributed by atoms with Crippen LogP contribution in [0.4, 0.5) is 13.2 Å². The van der Waals surface area contributed by atoms with E-state index in [2.05, 4.69) is 9.72 Å². The lowest BCUT2D eigenvalue weighted by Crippen LogP contribution is -2.05. The third kappa shape index (κ3) is 3.64. The number of halogens is 3. The van der Waals surface area contributed by atoms with Crippen LogP contribution in [0.2, 0.25) is 0 Å². The van der Waals surface area contributed by atoms with E-state index in [1.165, 1.54) is 13.3 Å². The minimum absolute atomic E-state index is 0.102. The van der Waals surface area contributed by atoms with Crippen molar-refractivity contribution in [3.05, 3.63) is 24.0 Å². The third-order valence-electron chi connectivity index (χ3n) is 1.28. The van der Waals surface area contributed by atoms with Crippen LogP contribution >= 0.6 is 0 Å².